The van der Waals surface area contributed by atoms with Gasteiger partial charge in [0.1, 0.15) is 12.9 Å². The molecule has 1 aliphatic heterocycles. The predicted molar refractivity (Wildman–Crippen MR) is 108 cm³/mol. The van der Waals surface area contributed by atoms with Gasteiger partial charge in [0.05, 0.1) is 12.1 Å². The minimum absolute atomic E-state index is 0.0217. The SMILES string of the molecule is COCC(=O)N1c2ncnn2[C@@H](c2ccc(C)cc2)C[C@@H]1c1ccc(Cl)cc1. The van der Waals surface area contributed by atoms with Crippen molar-refractivity contribution in [3.8, 4) is 0 Å². The van der Waals surface area contributed by atoms with Crippen molar-refractivity contribution in [2.75, 3.05) is 18.6 Å². The number of rotatable bonds is 4. The summed E-state index contributed by atoms with van der Waals surface area (Å²) in [5, 5.41) is 5.08. The molecular weight excluding hydrogens is 376 g/mol. The van der Waals surface area contributed by atoms with Gasteiger partial charge in [-0.05, 0) is 36.6 Å². The summed E-state index contributed by atoms with van der Waals surface area (Å²) < 4.78 is 6.93. The molecule has 0 bridgehead atoms. The number of carbonyl (C=O) groups is 1. The van der Waals surface area contributed by atoms with E-state index >= 15 is 0 Å². The van der Waals surface area contributed by atoms with E-state index in [0.29, 0.717) is 17.4 Å². The summed E-state index contributed by atoms with van der Waals surface area (Å²) in [4.78, 5) is 19.0. The Morgan fingerprint density at radius 2 is 1.75 bits per heavy atom. The summed E-state index contributed by atoms with van der Waals surface area (Å²) in [6, 6.07) is 15.8. The van der Waals surface area contributed by atoms with E-state index in [1.54, 1.807) is 4.90 Å². The highest BCUT2D eigenvalue weighted by molar-refractivity contribution is 6.30. The first-order valence-corrected chi connectivity index (χ1v) is 9.49. The fourth-order valence-corrected chi connectivity index (χ4v) is 3.83. The van der Waals surface area contributed by atoms with Crippen molar-refractivity contribution in [1.82, 2.24) is 14.8 Å². The molecule has 6 nitrogen and oxygen atoms in total. The number of carbonyl (C=O) groups excluding carboxylic acids is 1. The molecule has 1 aliphatic rings. The standard InChI is InChI=1S/C21H21ClN4O2/c1-14-3-5-16(6-4-14)19-11-18(15-7-9-17(22)10-8-15)25(20(27)12-28-2)21-23-13-24-26(19)21/h3-10,13,18-19H,11-12H2,1-2H3/t18-,19-/m1/s1. The maximum Gasteiger partial charge on any atom is 0.255 e. The first-order valence-electron chi connectivity index (χ1n) is 9.11. The van der Waals surface area contributed by atoms with Crippen LogP contribution in [-0.4, -0.2) is 34.4 Å². The Morgan fingerprint density at radius 3 is 2.43 bits per heavy atom. The van der Waals surface area contributed by atoms with Gasteiger partial charge in [-0.2, -0.15) is 10.1 Å². The van der Waals surface area contributed by atoms with E-state index in [2.05, 4.69) is 41.3 Å². The average molecular weight is 397 g/mol. The van der Waals surface area contributed by atoms with Crippen LogP contribution in [0.4, 0.5) is 5.95 Å². The van der Waals surface area contributed by atoms with Crippen molar-refractivity contribution in [2.24, 2.45) is 0 Å². The second-order valence-corrected chi connectivity index (χ2v) is 7.37. The number of methoxy groups -OCH3 is 1. The quantitative estimate of drug-likeness (QED) is 0.669. The number of hydrogen-bond acceptors (Lipinski definition) is 4. The highest BCUT2D eigenvalue weighted by atomic mass is 35.5. The molecular formula is C21H21ClN4O2. The van der Waals surface area contributed by atoms with E-state index < -0.39 is 0 Å². The Kier molecular flexibility index (Phi) is 5.15. The maximum atomic E-state index is 12.9. The summed E-state index contributed by atoms with van der Waals surface area (Å²) in [7, 11) is 1.51. The molecule has 2 aromatic carbocycles. The van der Waals surface area contributed by atoms with Gasteiger partial charge in [-0.3, -0.25) is 9.69 Å². The second kappa shape index (κ2) is 7.73. The van der Waals surface area contributed by atoms with Gasteiger partial charge in [-0.15, -0.1) is 0 Å². The highest BCUT2D eigenvalue weighted by Gasteiger charge is 2.39. The second-order valence-electron chi connectivity index (χ2n) is 6.93. The van der Waals surface area contributed by atoms with E-state index in [1.807, 2.05) is 28.9 Å². The Morgan fingerprint density at radius 1 is 1.11 bits per heavy atom. The number of ether oxygens (including phenoxy) is 1. The molecule has 1 aromatic heterocycles. The van der Waals surface area contributed by atoms with Crippen LogP contribution in [0.1, 0.15) is 35.2 Å². The van der Waals surface area contributed by atoms with Crippen molar-refractivity contribution >= 4 is 23.5 Å². The van der Waals surface area contributed by atoms with Crippen LogP contribution < -0.4 is 4.90 Å². The van der Waals surface area contributed by atoms with Crippen LogP contribution in [0.25, 0.3) is 0 Å². The molecule has 0 spiro atoms. The molecule has 144 valence electrons. The van der Waals surface area contributed by atoms with Crippen molar-refractivity contribution in [3.05, 3.63) is 76.6 Å². The summed E-state index contributed by atoms with van der Waals surface area (Å²) in [6.45, 7) is 2.04. The molecule has 0 saturated carbocycles. The molecule has 0 radical (unpaired) electrons. The van der Waals surface area contributed by atoms with Gasteiger partial charge in [0.2, 0.25) is 5.95 Å². The Bertz CT molecular complexity index is 969. The maximum absolute atomic E-state index is 12.9. The lowest BCUT2D eigenvalue weighted by Crippen LogP contribution is -2.44. The van der Waals surface area contributed by atoms with Crippen LogP contribution in [0, 0.1) is 6.92 Å². The van der Waals surface area contributed by atoms with Gasteiger partial charge in [-0.25, -0.2) is 4.68 Å². The number of hydrogen-bond donors (Lipinski definition) is 0. The molecule has 0 fully saturated rings. The number of aromatic nitrogens is 3. The fraction of sp³-hybridized carbons (Fsp3) is 0.286. The number of halogens is 1. The van der Waals surface area contributed by atoms with Gasteiger partial charge in [0.25, 0.3) is 5.91 Å². The third-order valence-corrected chi connectivity index (χ3v) is 5.33. The molecule has 0 N–H and O–H groups in total. The zero-order valence-electron chi connectivity index (χ0n) is 15.7. The van der Waals surface area contributed by atoms with Crippen molar-refractivity contribution in [2.45, 2.75) is 25.4 Å². The Hall–Kier alpha value is -2.70. The number of anilines is 1. The van der Waals surface area contributed by atoms with E-state index in [1.165, 1.54) is 19.0 Å². The van der Waals surface area contributed by atoms with Gasteiger partial charge in [0.15, 0.2) is 0 Å². The lowest BCUT2D eigenvalue weighted by Gasteiger charge is -2.39. The molecule has 1 amide bonds. The molecule has 2 atom stereocenters. The highest BCUT2D eigenvalue weighted by Crippen LogP contribution is 2.42. The minimum Gasteiger partial charge on any atom is -0.375 e. The van der Waals surface area contributed by atoms with Gasteiger partial charge in [0, 0.05) is 12.1 Å². The number of nitrogens with zero attached hydrogens (tertiary/aromatic N) is 4. The van der Waals surface area contributed by atoms with Crippen LogP contribution >= 0.6 is 11.6 Å². The number of fused-ring (bicyclic) bond motifs is 1. The van der Waals surface area contributed by atoms with Crippen LogP contribution in [0.3, 0.4) is 0 Å². The lowest BCUT2D eigenvalue weighted by atomic mass is 9.91. The molecule has 2 heterocycles. The molecule has 4 rings (SSSR count). The van der Waals surface area contributed by atoms with E-state index in [0.717, 1.165) is 11.1 Å². The number of aryl methyl sites for hydroxylation is 1. The summed E-state index contributed by atoms with van der Waals surface area (Å²) >= 11 is 6.08. The van der Waals surface area contributed by atoms with Crippen molar-refractivity contribution in [1.29, 1.82) is 0 Å². The van der Waals surface area contributed by atoms with E-state index in [9.17, 15) is 4.79 Å². The normalized spacial score (nSPS) is 18.8. The van der Waals surface area contributed by atoms with Crippen LogP contribution in [-0.2, 0) is 9.53 Å². The predicted octanol–water partition coefficient (Wildman–Crippen LogP) is 3.95. The summed E-state index contributed by atoms with van der Waals surface area (Å²) in [6.07, 6.45) is 2.17. The van der Waals surface area contributed by atoms with Crippen molar-refractivity contribution < 1.29 is 9.53 Å². The average Bonchev–Trinajstić information content (AvgIpc) is 3.18. The first kappa shape index (κ1) is 18.7. The number of benzene rings is 2. The molecule has 3 aromatic rings. The Labute approximate surface area is 168 Å². The smallest absolute Gasteiger partial charge is 0.255 e. The van der Waals surface area contributed by atoms with Gasteiger partial charge < -0.3 is 4.74 Å². The van der Waals surface area contributed by atoms with Gasteiger partial charge in [-0.1, -0.05) is 53.6 Å². The summed E-state index contributed by atoms with van der Waals surface area (Å²) in [5.41, 5.74) is 3.33. The third-order valence-electron chi connectivity index (χ3n) is 5.08. The molecule has 0 saturated heterocycles. The monoisotopic (exact) mass is 396 g/mol. The molecule has 0 unspecified atom stereocenters. The van der Waals surface area contributed by atoms with E-state index in [-0.39, 0.29) is 24.6 Å². The molecule has 28 heavy (non-hydrogen) atoms. The van der Waals surface area contributed by atoms with Crippen molar-refractivity contribution in [3.63, 3.8) is 0 Å². The molecule has 0 aliphatic carbocycles. The topological polar surface area (TPSA) is 60.2 Å². The molecule has 7 heteroatoms. The third kappa shape index (κ3) is 3.41. The first-order chi connectivity index (χ1) is 13.6. The largest absolute Gasteiger partial charge is 0.375 e. The zero-order valence-corrected chi connectivity index (χ0v) is 16.5. The number of amides is 1. The Balaban J connectivity index is 1.81. The lowest BCUT2D eigenvalue weighted by molar-refractivity contribution is -0.123. The van der Waals surface area contributed by atoms with Crippen LogP contribution in [0.2, 0.25) is 5.02 Å². The van der Waals surface area contributed by atoms with Gasteiger partial charge >= 0.3 is 0 Å². The van der Waals surface area contributed by atoms with Crippen LogP contribution in [0.5, 0.6) is 0 Å². The fourth-order valence-electron chi connectivity index (χ4n) is 3.71. The summed E-state index contributed by atoms with van der Waals surface area (Å²) in [5.74, 6) is 0.373. The van der Waals surface area contributed by atoms with E-state index in [4.69, 9.17) is 16.3 Å². The minimum atomic E-state index is -0.192. The zero-order chi connectivity index (χ0) is 19.7. The van der Waals surface area contributed by atoms with Crippen LogP contribution in [0.15, 0.2) is 54.9 Å².